The topological polar surface area (TPSA) is 92.3 Å². The minimum atomic E-state index is -3.78. The van der Waals surface area contributed by atoms with Crippen molar-refractivity contribution in [2.24, 2.45) is 0 Å². The normalized spacial score (nSPS) is 11.1. The van der Waals surface area contributed by atoms with Crippen LogP contribution in [0.4, 0.5) is 10.8 Å². The van der Waals surface area contributed by atoms with Crippen LogP contribution in [0.5, 0.6) is 0 Å². The minimum absolute atomic E-state index is 0.150. The lowest BCUT2D eigenvalue weighted by atomic mass is 10.3. The lowest BCUT2D eigenvalue weighted by Gasteiger charge is -2.16. The number of nitrogens with one attached hydrogen (secondary N) is 1. The molecule has 0 aliphatic heterocycles. The van der Waals surface area contributed by atoms with Gasteiger partial charge in [-0.05, 0) is 12.1 Å². The molecule has 1 aromatic carbocycles. The van der Waals surface area contributed by atoms with Crippen LogP contribution in [-0.2, 0) is 14.8 Å². The summed E-state index contributed by atoms with van der Waals surface area (Å²) >= 11 is 0.807. The second-order valence-corrected chi connectivity index (χ2v) is 6.98. The van der Waals surface area contributed by atoms with E-state index in [1.165, 1.54) is 14.0 Å². The number of hydrogen-bond donors (Lipinski definition) is 1. The maximum atomic E-state index is 12.4. The van der Waals surface area contributed by atoms with Crippen molar-refractivity contribution in [3.8, 4) is 0 Å². The van der Waals surface area contributed by atoms with Crippen molar-refractivity contribution >= 4 is 38.1 Å². The number of sulfonamides is 1. The average molecular weight is 312 g/mol. The highest BCUT2D eigenvalue weighted by Crippen LogP contribution is 2.25. The van der Waals surface area contributed by atoms with Gasteiger partial charge in [0.2, 0.25) is 11.0 Å². The maximum Gasteiger partial charge on any atom is 0.293 e. The van der Waals surface area contributed by atoms with Gasteiger partial charge in [0, 0.05) is 14.0 Å². The Labute approximate surface area is 120 Å². The highest BCUT2D eigenvalue weighted by molar-refractivity contribution is 7.94. The van der Waals surface area contributed by atoms with Crippen molar-refractivity contribution in [3.05, 3.63) is 30.3 Å². The van der Waals surface area contributed by atoms with Crippen LogP contribution >= 0.6 is 11.3 Å². The number of carbonyl (C=O) groups is 1. The van der Waals surface area contributed by atoms with E-state index in [-0.39, 0.29) is 15.4 Å². The highest BCUT2D eigenvalue weighted by atomic mass is 32.2. The molecule has 1 N–H and O–H groups in total. The average Bonchev–Trinajstić information content (AvgIpc) is 2.87. The van der Waals surface area contributed by atoms with Crippen LogP contribution in [0.15, 0.2) is 34.7 Å². The fourth-order valence-electron chi connectivity index (χ4n) is 1.41. The third-order valence-corrected chi connectivity index (χ3v) is 5.36. The molecule has 0 atom stereocenters. The molecule has 0 saturated carbocycles. The van der Waals surface area contributed by atoms with E-state index in [2.05, 4.69) is 15.5 Å². The van der Waals surface area contributed by atoms with Gasteiger partial charge in [-0.3, -0.25) is 9.10 Å². The zero-order valence-electron chi connectivity index (χ0n) is 10.8. The van der Waals surface area contributed by atoms with Gasteiger partial charge in [-0.25, -0.2) is 0 Å². The number of aromatic nitrogens is 2. The molecule has 9 heteroatoms. The second-order valence-electron chi connectivity index (χ2n) is 3.86. The van der Waals surface area contributed by atoms with E-state index >= 15 is 0 Å². The molecule has 0 aliphatic carbocycles. The van der Waals surface area contributed by atoms with E-state index in [0.717, 1.165) is 15.6 Å². The molecule has 7 nitrogen and oxygen atoms in total. The second kappa shape index (κ2) is 5.55. The molecule has 0 unspecified atom stereocenters. The molecule has 0 bridgehead atoms. The Morgan fingerprint density at radius 1 is 1.25 bits per heavy atom. The van der Waals surface area contributed by atoms with Crippen molar-refractivity contribution in [2.45, 2.75) is 11.3 Å². The van der Waals surface area contributed by atoms with Crippen molar-refractivity contribution in [1.82, 2.24) is 10.2 Å². The summed E-state index contributed by atoms with van der Waals surface area (Å²) in [5, 5.41) is 9.79. The first-order valence-corrected chi connectivity index (χ1v) is 7.82. The molecular weight excluding hydrogens is 300 g/mol. The van der Waals surface area contributed by atoms with Crippen LogP contribution in [0.3, 0.4) is 0 Å². The predicted octanol–water partition coefficient (Wildman–Crippen LogP) is 1.32. The molecule has 0 aliphatic rings. The van der Waals surface area contributed by atoms with Crippen molar-refractivity contribution in [3.63, 3.8) is 0 Å². The summed E-state index contributed by atoms with van der Waals surface area (Å²) in [6.07, 6.45) is 0. The zero-order chi connectivity index (χ0) is 14.8. The van der Waals surface area contributed by atoms with Crippen molar-refractivity contribution in [1.29, 1.82) is 0 Å². The van der Waals surface area contributed by atoms with Crippen LogP contribution in [0.25, 0.3) is 0 Å². The summed E-state index contributed by atoms with van der Waals surface area (Å²) in [7, 11) is -2.35. The molecule has 1 amide bonds. The number of nitrogens with zero attached hydrogens (tertiary/aromatic N) is 3. The summed E-state index contributed by atoms with van der Waals surface area (Å²) < 4.78 is 25.6. The summed E-state index contributed by atoms with van der Waals surface area (Å²) in [4.78, 5) is 10.9. The molecule has 2 aromatic rings. The lowest BCUT2D eigenvalue weighted by Crippen LogP contribution is -2.26. The Bertz CT molecular complexity index is 712. The van der Waals surface area contributed by atoms with Gasteiger partial charge in [0.25, 0.3) is 14.4 Å². The summed E-state index contributed by atoms with van der Waals surface area (Å²) in [6.45, 7) is 1.31. The van der Waals surface area contributed by atoms with Gasteiger partial charge in [0.15, 0.2) is 0 Å². The van der Waals surface area contributed by atoms with E-state index in [4.69, 9.17) is 0 Å². The number of rotatable bonds is 4. The minimum Gasteiger partial charge on any atom is -0.301 e. The Kier molecular flexibility index (Phi) is 4.00. The van der Waals surface area contributed by atoms with Gasteiger partial charge in [0.1, 0.15) is 0 Å². The molecule has 20 heavy (non-hydrogen) atoms. The first-order chi connectivity index (χ1) is 9.41. The Balaban J connectivity index is 2.31. The molecule has 0 fully saturated rings. The predicted molar refractivity (Wildman–Crippen MR) is 76.2 cm³/mol. The largest absolute Gasteiger partial charge is 0.301 e. The first kappa shape index (κ1) is 14.4. The van der Waals surface area contributed by atoms with Gasteiger partial charge in [0.05, 0.1) is 5.69 Å². The number of para-hydroxylation sites is 1. The van der Waals surface area contributed by atoms with Gasteiger partial charge < -0.3 is 5.32 Å². The van der Waals surface area contributed by atoms with Crippen LogP contribution in [0.1, 0.15) is 6.92 Å². The lowest BCUT2D eigenvalue weighted by molar-refractivity contribution is -0.114. The summed E-state index contributed by atoms with van der Waals surface area (Å²) in [5.74, 6) is -0.332. The number of amides is 1. The van der Waals surface area contributed by atoms with Gasteiger partial charge >= 0.3 is 0 Å². The Morgan fingerprint density at radius 2 is 1.90 bits per heavy atom. The number of carbonyl (C=O) groups excluding carboxylic acids is 1. The first-order valence-electron chi connectivity index (χ1n) is 5.56. The fraction of sp³-hybridized carbons (Fsp3) is 0.182. The smallest absolute Gasteiger partial charge is 0.293 e. The molecule has 106 valence electrons. The van der Waals surface area contributed by atoms with Crippen LogP contribution in [-0.4, -0.2) is 31.6 Å². The van der Waals surface area contributed by atoms with E-state index in [1.807, 2.05) is 0 Å². The molecule has 1 heterocycles. The summed E-state index contributed by atoms with van der Waals surface area (Å²) in [5.41, 5.74) is 0.517. The number of hydrogen-bond acceptors (Lipinski definition) is 6. The van der Waals surface area contributed by atoms with Crippen LogP contribution < -0.4 is 9.62 Å². The van der Waals surface area contributed by atoms with Crippen molar-refractivity contribution in [2.75, 3.05) is 16.7 Å². The van der Waals surface area contributed by atoms with Crippen LogP contribution in [0, 0.1) is 0 Å². The SMILES string of the molecule is CC(=O)Nc1nnc(S(=O)(=O)N(C)c2ccccc2)s1. The summed E-state index contributed by atoms with van der Waals surface area (Å²) in [6, 6.07) is 8.62. The van der Waals surface area contributed by atoms with Crippen LogP contribution in [0.2, 0.25) is 0 Å². The van der Waals surface area contributed by atoms with Gasteiger partial charge in [-0.1, -0.05) is 29.5 Å². The Hall–Kier alpha value is -2.00. The molecule has 0 radical (unpaired) electrons. The molecule has 1 aromatic heterocycles. The molecule has 0 spiro atoms. The molecule has 2 rings (SSSR count). The molecular formula is C11H12N4O3S2. The van der Waals surface area contributed by atoms with Gasteiger partial charge in [-0.15, -0.1) is 10.2 Å². The van der Waals surface area contributed by atoms with Crippen molar-refractivity contribution < 1.29 is 13.2 Å². The van der Waals surface area contributed by atoms with Gasteiger partial charge in [-0.2, -0.15) is 8.42 Å². The van der Waals surface area contributed by atoms with E-state index in [9.17, 15) is 13.2 Å². The quantitative estimate of drug-likeness (QED) is 0.860. The molecule has 0 saturated heterocycles. The van der Waals surface area contributed by atoms with E-state index < -0.39 is 10.0 Å². The standard InChI is InChI=1S/C11H12N4O3S2/c1-8(16)12-10-13-14-11(19-10)20(17,18)15(2)9-6-4-3-5-7-9/h3-7H,1-2H3,(H,12,13,16). The van der Waals surface area contributed by atoms with E-state index in [0.29, 0.717) is 5.69 Å². The fourth-order valence-corrected chi connectivity index (χ4v) is 3.70. The third kappa shape index (κ3) is 2.94. The highest BCUT2D eigenvalue weighted by Gasteiger charge is 2.26. The van der Waals surface area contributed by atoms with E-state index in [1.54, 1.807) is 30.3 Å². The number of anilines is 2. The zero-order valence-corrected chi connectivity index (χ0v) is 12.4. The number of benzene rings is 1. The third-order valence-electron chi connectivity index (χ3n) is 2.39. The maximum absolute atomic E-state index is 12.4. The monoisotopic (exact) mass is 312 g/mol. The Morgan fingerprint density at radius 3 is 2.50 bits per heavy atom.